The Morgan fingerprint density at radius 1 is 1.17 bits per heavy atom. The molecule has 1 saturated heterocycles. The van der Waals surface area contributed by atoms with E-state index in [-0.39, 0.29) is 10.7 Å². The average Bonchev–Trinajstić information content (AvgIpc) is 3.24. The van der Waals surface area contributed by atoms with Crippen LogP contribution >= 0.6 is 0 Å². The molecule has 29 heavy (non-hydrogen) atoms. The zero-order valence-corrected chi connectivity index (χ0v) is 16.1. The molecule has 0 spiro atoms. The second-order valence-corrected chi connectivity index (χ2v) is 8.30. The van der Waals surface area contributed by atoms with E-state index in [1.54, 1.807) is 12.1 Å². The summed E-state index contributed by atoms with van der Waals surface area (Å²) in [6.07, 6.45) is -2.30. The Morgan fingerprint density at radius 3 is 2.62 bits per heavy atom. The fourth-order valence-corrected chi connectivity index (χ4v) is 4.00. The number of ether oxygens (including phenoxy) is 1. The quantitative estimate of drug-likeness (QED) is 0.468. The Bertz CT molecular complexity index is 1130. The predicted molar refractivity (Wildman–Crippen MR) is 100.0 cm³/mol. The van der Waals surface area contributed by atoms with Gasteiger partial charge in [0.1, 0.15) is 30.2 Å². The lowest BCUT2D eigenvalue weighted by atomic mass is 10.1. The van der Waals surface area contributed by atoms with Gasteiger partial charge in [-0.2, -0.15) is 8.42 Å². The fraction of sp³-hybridized carbons (Fsp3) is 0.353. The van der Waals surface area contributed by atoms with Crippen LogP contribution in [-0.2, 0) is 19.0 Å². The number of benzene rings is 1. The van der Waals surface area contributed by atoms with Gasteiger partial charge in [-0.15, -0.1) is 0 Å². The zero-order chi connectivity index (χ0) is 20.8. The number of aliphatic hydroxyl groups is 2. The third-order valence-electron chi connectivity index (χ3n) is 4.70. The summed E-state index contributed by atoms with van der Waals surface area (Å²) < 4.78 is 36.8. The van der Waals surface area contributed by atoms with Gasteiger partial charge in [0.15, 0.2) is 17.7 Å². The van der Waals surface area contributed by atoms with E-state index in [0.717, 1.165) is 5.56 Å². The molecule has 2 aromatic heterocycles. The van der Waals surface area contributed by atoms with E-state index in [4.69, 9.17) is 14.7 Å². The molecule has 1 aliphatic heterocycles. The number of aromatic nitrogens is 4. The van der Waals surface area contributed by atoms with Crippen molar-refractivity contribution in [3.8, 4) is 0 Å². The molecule has 0 saturated carbocycles. The minimum atomic E-state index is -4.05. The van der Waals surface area contributed by atoms with E-state index in [2.05, 4.69) is 15.0 Å². The van der Waals surface area contributed by atoms with E-state index < -0.39 is 41.3 Å². The second-order valence-electron chi connectivity index (χ2n) is 6.68. The van der Waals surface area contributed by atoms with Crippen LogP contribution in [0.4, 0.5) is 5.82 Å². The minimum Gasteiger partial charge on any atom is -0.387 e. The average molecular weight is 421 g/mol. The molecule has 1 aromatic carbocycles. The Kier molecular flexibility index (Phi) is 4.96. The lowest BCUT2D eigenvalue weighted by Gasteiger charge is -2.16. The second kappa shape index (κ2) is 7.31. The Labute approximate surface area is 165 Å². The molecule has 1 fully saturated rings. The van der Waals surface area contributed by atoms with Crippen LogP contribution in [0, 0.1) is 6.92 Å². The number of nitrogen functional groups attached to an aromatic ring is 1. The van der Waals surface area contributed by atoms with Gasteiger partial charge in [-0.25, -0.2) is 15.0 Å². The van der Waals surface area contributed by atoms with Crippen LogP contribution < -0.4 is 5.73 Å². The lowest BCUT2D eigenvalue weighted by molar-refractivity contribution is -0.0467. The first kappa shape index (κ1) is 19.7. The van der Waals surface area contributed by atoms with E-state index in [0.29, 0.717) is 11.2 Å². The highest BCUT2D eigenvalue weighted by Crippen LogP contribution is 2.32. The van der Waals surface area contributed by atoms with Crippen LogP contribution in [0.15, 0.2) is 41.8 Å². The zero-order valence-electron chi connectivity index (χ0n) is 15.3. The van der Waals surface area contributed by atoms with Crippen molar-refractivity contribution in [2.45, 2.75) is 36.4 Å². The van der Waals surface area contributed by atoms with Gasteiger partial charge >= 0.3 is 0 Å². The summed E-state index contributed by atoms with van der Waals surface area (Å²) in [5.41, 5.74) is 7.28. The van der Waals surface area contributed by atoms with Crippen LogP contribution in [0.1, 0.15) is 11.8 Å². The van der Waals surface area contributed by atoms with Crippen molar-refractivity contribution in [1.82, 2.24) is 19.5 Å². The smallest absolute Gasteiger partial charge is 0.297 e. The minimum absolute atomic E-state index is 0.0135. The van der Waals surface area contributed by atoms with Gasteiger partial charge in [-0.05, 0) is 19.1 Å². The molecule has 3 heterocycles. The monoisotopic (exact) mass is 421 g/mol. The molecule has 0 amide bonds. The van der Waals surface area contributed by atoms with Gasteiger partial charge in [0, 0.05) is 0 Å². The molecule has 12 heteroatoms. The summed E-state index contributed by atoms with van der Waals surface area (Å²) in [6.45, 7) is 1.36. The predicted octanol–water partition coefficient (Wildman–Crippen LogP) is -0.258. The molecule has 0 radical (unpaired) electrons. The summed E-state index contributed by atoms with van der Waals surface area (Å²) in [6, 6.07) is 6.15. The van der Waals surface area contributed by atoms with Gasteiger partial charge in [0.25, 0.3) is 10.1 Å². The van der Waals surface area contributed by atoms with Crippen molar-refractivity contribution in [1.29, 1.82) is 0 Å². The van der Waals surface area contributed by atoms with Gasteiger partial charge < -0.3 is 20.7 Å². The number of aliphatic hydroxyl groups excluding tert-OH is 2. The SMILES string of the molecule is Cc1ccc(S(=O)(=O)OC[C@@H]2O[C@H](n3cnc4c(N)ncnc43)[C@H](O)[C@@H]2O)cc1. The summed E-state index contributed by atoms with van der Waals surface area (Å²) in [7, 11) is -4.05. The van der Waals surface area contributed by atoms with Crippen molar-refractivity contribution >= 4 is 27.1 Å². The standard InChI is InChI=1S/C17H19N5O6S/c1-9-2-4-10(5-3-9)29(25,26)27-6-11-13(23)14(24)17(28-11)22-8-21-12-15(18)19-7-20-16(12)22/h2-5,7-8,11,13-14,17,23-24H,6H2,1H3,(H2,18,19,20)/t11-,13+,14+,17-/m0/s1. The molecule has 0 bridgehead atoms. The number of anilines is 1. The number of aryl methyl sites for hydroxylation is 1. The molecular weight excluding hydrogens is 402 g/mol. The maximum atomic E-state index is 12.3. The van der Waals surface area contributed by atoms with E-state index in [1.165, 1.54) is 29.4 Å². The fourth-order valence-electron chi connectivity index (χ4n) is 3.08. The number of hydrogen-bond donors (Lipinski definition) is 3. The summed E-state index contributed by atoms with van der Waals surface area (Å²) >= 11 is 0. The van der Waals surface area contributed by atoms with E-state index >= 15 is 0 Å². The number of rotatable bonds is 5. The molecular formula is C17H19N5O6S. The van der Waals surface area contributed by atoms with E-state index in [9.17, 15) is 18.6 Å². The van der Waals surface area contributed by atoms with Gasteiger partial charge in [0.05, 0.1) is 17.8 Å². The number of fused-ring (bicyclic) bond motifs is 1. The van der Waals surface area contributed by atoms with Gasteiger partial charge in [-0.3, -0.25) is 8.75 Å². The highest BCUT2D eigenvalue weighted by molar-refractivity contribution is 7.86. The first-order valence-electron chi connectivity index (χ1n) is 8.68. The summed E-state index contributed by atoms with van der Waals surface area (Å²) in [4.78, 5) is 12.0. The molecule has 4 atom stereocenters. The number of hydrogen-bond acceptors (Lipinski definition) is 10. The molecule has 11 nitrogen and oxygen atoms in total. The maximum absolute atomic E-state index is 12.3. The number of imidazole rings is 1. The Hall–Kier alpha value is -2.64. The molecule has 1 aliphatic rings. The third kappa shape index (κ3) is 3.56. The van der Waals surface area contributed by atoms with Gasteiger partial charge in [0.2, 0.25) is 0 Å². The Balaban J connectivity index is 1.51. The normalized spacial score (nSPS) is 24.9. The highest BCUT2D eigenvalue weighted by Gasteiger charge is 2.45. The molecule has 4 N–H and O–H groups in total. The van der Waals surface area contributed by atoms with Crippen molar-refractivity contribution in [2.24, 2.45) is 0 Å². The van der Waals surface area contributed by atoms with Crippen LogP contribution in [0.25, 0.3) is 11.2 Å². The first-order chi connectivity index (χ1) is 13.8. The first-order valence-corrected chi connectivity index (χ1v) is 10.1. The maximum Gasteiger partial charge on any atom is 0.297 e. The Morgan fingerprint density at radius 2 is 1.90 bits per heavy atom. The summed E-state index contributed by atoms with van der Waals surface area (Å²) in [5.74, 6) is 0.158. The largest absolute Gasteiger partial charge is 0.387 e. The number of nitrogens with two attached hydrogens (primary N) is 1. The number of nitrogens with zero attached hydrogens (tertiary/aromatic N) is 4. The molecule has 0 unspecified atom stereocenters. The van der Waals surface area contributed by atoms with E-state index in [1.807, 2.05) is 6.92 Å². The van der Waals surface area contributed by atoms with Crippen molar-refractivity contribution in [2.75, 3.05) is 12.3 Å². The molecule has 154 valence electrons. The highest BCUT2D eigenvalue weighted by atomic mass is 32.2. The van der Waals surface area contributed by atoms with Gasteiger partial charge in [-0.1, -0.05) is 17.7 Å². The van der Waals surface area contributed by atoms with Crippen molar-refractivity contribution in [3.63, 3.8) is 0 Å². The van der Waals surface area contributed by atoms with Crippen LogP contribution in [0.2, 0.25) is 0 Å². The molecule has 0 aliphatic carbocycles. The van der Waals surface area contributed by atoms with Crippen LogP contribution in [0.3, 0.4) is 0 Å². The molecule has 4 rings (SSSR count). The molecule has 3 aromatic rings. The van der Waals surface area contributed by atoms with Crippen LogP contribution in [-0.4, -0.2) is 63.1 Å². The van der Waals surface area contributed by atoms with Crippen LogP contribution in [0.5, 0.6) is 0 Å². The topological polar surface area (TPSA) is 163 Å². The van der Waals surface area contributed by atoms with Crippen molar-refractivity contribution < 1.29 is 27.6 Å². The summed E-state index contributed by atoms with van der Waals surface area (Å²) in [5, 5.41) is 20.7. The van der Waals surface area contributed by atoms with Crippen molar-refractivity contribution in [3.05, 3.63) is 42.5 Å². The lowest BCUT2D eigenvalue weighted by Crippen LogP contribution is -2.34. The third-order valence-corrected chi connectivity index (χ3v) is 5.99.